The number of likely N-dealkylation sites (N-methyl/N-ethyl adjacent to an activating group) is 1. The lowest BCUT2D eigenvalue weighted by molar-refractivity contribution is -0.140. The van der Waals surface area contributed by atoms with E-state index in [9.17, 15) is 13.2 Å². The van der Waals surface area contributed by atoms with E-state index in [1.165, 1.54) is 0 Å². The van der Waals surface area contributed by atoms with Crippen LogP contribution in [0, 0.1) is 0 Å². The molecule has 3 nitrogen and oxygen atoms in total. The first-order chi connectivity index (χ1) is 7.45. The van der Waals surface area contributed by atoms with E-state index in [2.05, 4.69) is 4.98 Å². The fourth-order valence-corrected chi connectivity index (χ4v) is 1.84. The van der Waals surface area contributed by atoms with E-state index in [4.69, 9.17) is 4.74 Å². The SMILES string of the molecule is CCOCCN(C)c1nc(C(F)(F)F)cs1. The molecule has 1 aromatic rings. The minimum Gasteiger partial charge on any atom is -0.380 e. The number of hydrogen-bond acceptors (Lipinski definition) is 4. The van der Waals surface area contributed by atoms with Gasteiger partial charge in [-0.1, -0.05) is 0 Å². The Morgan fingerprint density at radius 2 is 2.19 bits per heavy atom. The average Bonchev–Trinajstić information content (AvgIpc) is 2.66. The van der Waals surface area contributed by atoms with E-state index in [0.29, 0.717) is 24.9 Å². The molecule has 0 amide bonds. The molecule has 0 unspecified atom stereocenters. The van der Waals surface area contributed by atoms with Crippen LogP contribution >= 0.6 is 11.3 Å². The van der Waals surface area contributed by atoms with Gasteiger partial charge in [0.05, 0.1) is 6.61 Å². The number of rotatable bonds is 5. The molecule has 1 heterocycles. The molecule has 1 aromatic heterocycles. The summed E-state index contributed by atoms with van der Waals surface area (Å²) in [5, 5.41) is 1.37. The van der Waals surface area contributed by atoms with Crippen LogP contribution in [-0.4, -0.2) is 31.8 Å². The van der Waals surface area contributed by atoms with Crippen LogP contribution in [-0.2, 0) is 10.9 Å². The zero-order chi connectivity index (χ0) is 12.2. The van der Waals surface area contributed by atoms with Gasteiger partial charge in [0.2, 0.25) is 0 Å². The Balaban J connectivity index is 2.56. The molecule has 0 aromatic carbocycles. The lowest BCUT2D eigenvalue weighted by Crippen LogP contribution is -2.22. The molecule has 0 aliphatic rings. The number of aromatic nitrogens is 1. The third kappa shape index (κ3) is 3.64. The van der Waals surface area contributed by atoms with Gasteiger partial charge in [-0.3, -0.25) is 0 Å². The van der Waals surface area contributed by atoms with Crippen LogP contribution in [0.5, 0.6) is 0 Å². The van der Waals surface area contributed by atoms with Crippen molar-refractivity contribution in [3.63, 3.8) is 0 Å². The van der Waals surface area contributed by atoms with Gasteiger partial charge in [0.15, 0.2) is 10.8 Å². The van der Waals surface area contributed by atoms with Crippen molar-refractivity contribution in [3.8, 4) is 0 Å². The number of ether oxygens (including phenoxy) is 1. The monoisotopic (exact) mass is 254 g/mol. The second kappa shape index (κ2) is 5.49. The summed E-state index contributed by atoms with van der Waals surface area (Å²) in [7, 11) is 1.69. The molecule has 0 atom stereocenters. The van der Waals surface area contributed by atoms with Crippen LogP contribution in [0.2, 0.25) is 0 Å². The molecule has 0 saturated carbocycles. The maximum Gasteiger partial charge on any atom is 0.434 e. The molecule has 0 aliphatic carbocycles. The molecule has 0 spiro atoms. The minimum absolute atomic E-state index is 0.354. The molecule has 16 heavy (non-hydrogen) atoms. The highest BCUT2D eigenvalue weighted by Crippen LogP contribution is 2.32. The minimum atomic E-state index is -4.37. The lowest BCUT2D eigenvalue weighted by atomic mass is 10.5. The number of hydrogen-bond donors (Lipinski definition) is 0. The normalized spacial score (nSPS) is 11.8. The molecule has 0 saturated heterocycles. The Morgan fingerprint density at radius 1 is 1.50 bits per heavy atom. The second-order valence-electron chi connectivity index (χ2n) is 3.13. The highest BCUT2D eigenvalue weighted by Gasteiger charge is 2.34. The van der Waals surface area contributed by atoms with Crippen molar-refractivity contribution in [1.29, 1.82) is 0 Å². The molecule has 1 rings (SSSR count). The predicted molar refractivity (Wildman–Crippen MR) is 56.9 cm³/mol. The number of anilines is 1. The molecular formula is C9H13F3N2OS. The van der Waals surface area contributed by atoms with Gasteiger partial charge in [-0.15, -0.1) is 11.3 Å². The predicted octanol–water partition coefficient (Wildman–Crippen LogP) is 2.63. The highest BCUT2D eigenvalue weighted by atomic mass is 32.1. The summed E-state index contributed by atoms with van der Waals surface area (Å²) in [6.07, 6.45) is -4.37. The first kappa shape index (κ1) is 13.2. The van der Waals surface area contributed by atoms with E-state index in [1.54, 1.807) is 11.9 Å². The van der Waals surface area contributed by atoms with Gasteiger partial charge in [0, 0.05) is 25.6 Å². The van der Waals surface area contributed by atoms with E-state index in [0.717, 1.165) is 16.7 Å². The maximum atomic E-state index is 12.3. The van der Waals surface area contributed by atoms with E-state index in [1.807, 2.05) is 6.92 Å². The Labute approximate surface area is 95.9 Å². The topological polar surface area (TPSA) is 25.4 Å². The first-order valence-electron chi connectivity index (χ1n) is 4.76. The lowest BCUT2D eigenvalue weighted by Gasteiger charge is -2.15. The smallest absolute Gasteiger partial charge is 0.380 e. The summed E-state index contributed by atoms with van der Waals surface area (Å²) >= 11 is 0.982. The van der Waals surface area contributed by atoms with Crippen molar-refractivity contribution >= 4 is 16.5 Å². The molecule has 0 fully saturated rings. The molecule has 0 radical (unpaired) electrons. The number of halogens is 3. The summed E-state index contributed by atoms with van der Waals surface area (Å²) in [5.74, 6) is 0. The van der Waals surface area contributed by atoms with Gasteiger partial charge >= 0.3 is 6.18 Å². The van der Waals surface area contributed by atoms with Crippen LogP contribution in [0.3, 0.4) is 0 Å². The molecule has 0 bridgehead atoms. The van der Waals surface area contributed by atoms with Crippen molar-refractivity contribution in [2.45, 2.75) is 13.1 Å². The van der Waals surface area contributed by atoms with Gasteiger partial charge in [0.25, 0.3) is 0 Å². The zero-order valence-electron chi connectivity index (χ0n) is 9.04. The molecule has 0 aliphatic heterocycles. The largest absolute Gasteiger partial charge is 0.434 e. The van der Waals surface area contributed by atoms with Crippen LogP contribution in [0.25, 0.3) is 0 Å². The molecular weight excluding hydrogens is 241 g/mol. The highest BCUT2D eigenvalue weighted by molar-refractivity contribution is 7.13. The Hall–Kier alpha value is -0.820. The summed E-state index contributed by atoms with van der Waals surface area (Å²) < 4.78 is 41.9. The van der Waals surface area contributed by atoms with E-state index < -0.39 is 11.9 Å². The van der Waals surface area contributed by atoms with Gasteiger partial charge in [0.1, 0.15) is 0 Å². The standard InChI is InChI=1S/C9H13F3N2OS/c1-3-15-5-4-14(2)8-13-7(6-16-8)9(10,11)12/h6H,3-5H2,1-2H3. The molecule has 7 heteroatoms. The molecule has 92 valence electrons. The zero-order valence-corrected chi connectivity index (χ0v) is 9.86. The maximum absolute atomic E-state index is 12.3. The van der Waals surface area contributed by atoms with Crippen LogP contribution < -0.4 is 4.90 Å². The molecule has 0 N–H and O–H groups in total. The van der Waals surface area contributed by atoms with Crippen molar-refractivity contribution in [2.24, 2.45) is 0 Å². The van der Waals surface area contributed by atoms with Gasteiger partial charge in [-0.2, -0.15) is 13.2 Å². The van der Waals surface area contributed by atoms with Crippen LogP contribution in [0.4, 0.5) is 18.3 Å². The van der Waals surface area contributed by atoms with Gasteiger partial charge in [-0.05, 0) is 6.92 Å². The van der Waals surface area contributed by atoms with Crippen molar-refractivity contribution in [3.05, 3.63) is 11.1 Å². The number of alkyl halides is 3. The summed E-state index contributed by atoms with van der Waals surface area (Å²) in [6, 6.07) is 0. The summed E-state index contributed by atoms with van der Waals surface area (Å²) in [5.41, 5.74) is -0.837. The Morgan fingerprint density at radius 3 is 2.69 bits per heavy atom. The van der Waals surface area contributed by atoms with Gasteiger partial charge in [-0.25, -0.2) is 4.98 Å². The van der Waals surface area contributed by atoms with Crippen LogP contribution in [0.1, 0.15) is 12.6 Å². The quantitative estimate of drug-likeness (QED) is 0.755. The third-order valence-corrected chi connectivity index (χ3v) is 2.84. The Kier molecular flexibility index (Phi) is 4.55. The number of nitrogens with zero attached hydrogens (tertiary/aromatic N) is 2. The van der Waals surface area contributed by atoms with E-state index in [-0.39, 0.29) is 0 Å². The van der Waals surface area contributed by atoms with Crippen molar-refractivity contribution in [1.82, 2.24) is 4.98 Å². The number of thiazole rings is 1. The fourth-order valence-electron chi connectivity index (χ4n) is 1.01. The third-order valence-electron chi connectivity index (χ3n) is 1.88. The fraction of sp³-hybridized carbons (Fsp3) is 0.667. The van der Waals surface area contributed by atoms with Gasteiger partial charge < -0.3 is 9.64 Å². The van der Waals surface area contributed by atoms with Crippen molar-refractivity contribution in [2.75, 3.05) is 31.7 Å². The average molecular weight is 254 g/mol. The summed E-state index contributed by atoms with van der Waals surface area (Å²) in [6.45, 7) is 3.47. The first-order valence-corrected chi connectivity index (χ1v) is 5.64. The second-order valence-corrected chi connectivity index (χ2v) is 3.97. The summed E-state index contributed by atoms with van der Waals surface area (Å²) in [4.78, 5) is 5.17. The Bertz CT molecular complexity index is 327. The van der Waals surface area contributed by atoms with E-state index >= 15 is 0 Å². The van der Waals surface area contributed by atoms with Crippen LogP contribution in [0.15, 0.2) is 5.38 Å². The van der Waals surface area contributed by atoms with Crippen molar-refractivity contribution < 1.29 is 17.9 Å².